The maximum atomic E-state index is 6.21. The first-order chi connectivity index (χ1) is 38.6. The molecule has 2 heterocycles. The number of hydrogen-bond acceptors (Lipinski definition) is 2. The number of benzene rings is 12. The van der Waals surface area contributed by atoms with Crippen molar-refractivity contribution in [3.8, 4) is 55.6 Å². The van der Waals surface area contributed by atoms with E-state index in [-0.39, 0.29) is 5.92 Å². The van der Waals surface area contributed by atoms with Gasteiger partial charge in [-0.15, -0.1) is 11.3 Å². The molecule has 0 radical (unpaired) electrons. The van der Waals surface area contributed by atoms with Gasteiger partial charge in [-0.05, 0) is 150 Å². The Morgan fingerprint density at radius 1 is 0.333 bits per heavy atom. The average molecular weight is 1010 g/mol. The van der Waals surface area contributed by atoms with Gasteiger partial charge in [0.15, 0.2) is 0 Å². The Kier molecular flexibility index (Phi) is 11.2. The van der Waals surface area contributed by atoms with E-state index in [0.29, 0.717) is 0 Å². The third kappa shape index (κ3) is 7.74. The van der Waals surface area contributed by atoms with Gasteiger partial charge in [-0.1, -0.05) is 243 Å². The van der Waals surface area contributed by atoms with Crippen molar-refractivity contribution >= 4 is 53.4 Å². The highest BCUT2D eigenvalue weighted by molar-refractivity contribution is 7.25. The lowest BCUT2D eigenvalue weighted by Crippen LogP contribution is -2.28. The van der Waals surface area contributed by atoms with Crippen molar-refractivity contribution in [2.24, 2.45) is 0 Å². The largest absolute Gasteiger partial charge is 0.456 e. The molecule has 1 unspecified atom stereocenters. The molecule has 0 amide bonds. The van der Waals surface area contributed by atoms with Crippen molar-refractivity contribution < 1.29 is 4.42 Å². The van der Waals surface area contributed by atoms with E-state index in [4.69, 9.17) is 4.42 Å². The fourth-order valence-electron chi connectivity index (χ4n) is 13.0. The number of fused-ring (bicyclic) bond motifs is 9. The fourth-order valence-corrected chi connectivity index (χ4v) is 14.1. The lowest BCUT2D eigenvalue weighted by Gasteiger charge is -2.33. The van der Waals surface area contributed by atoms with Crippen molar-refractivity contribution in [2.75, 3.05) is 0 Å². The van der Waals surface area contributed by atoms with Gasteiger partial charge in [0.1, 0.15) is 11.2 Å². The molecule has 1 aliphatic rings. The Bertz CT molecular complexity index is 4500. The van der Waals surface area contributed by atoms with E-state index in [9.17, 15) is 0 Å². The summed E-state index contributed by atoms with van der Waals surface area (Å²) in [4.78, 5) is 0. The average Bonchev–Trinajstić information content (AvgIpc) is 4.38. The first-order valence-corrected chi connectivity index (χ1v) is 28.0. The minimum atomic E-state index is -0.430. The van der Waals surface area contributed by atoms with Crippen LogP contribution in [0.1, 0.15) is 51.3 Å². The summed E-state index contributed by atoms with van der Waals surface area (Å²) in [6.07, 6.45) is 1.88. The van der Waals surface area contributed by atoms with Gasteiger partial charge in [0.05, 0.1) is 5.41 Å². The molecule has 78 heavy (non-hydrogen) atoms. The molecule has 0 spiro atoms. The van der Waals surface area contributed by atoms with Crippen molar-refractivity contribution in [1.29, 1.82) is 0 Å². The SMILES string of the molecule is c1ccc(C2(c3ccccc3)c3ccccc3-c3cc(-c4cccc(-c5ccccc5C(CCc5ccc(-c6ccc7c(c6)sc6ccccc67)cc5)c5ccc(-c6ccc7oc8ccccc8c7c6)cc5)c4)ccc32)cc1. The number of furan rings is 1. The molecule has 1 aliphatic carbocycles. The highest BCUT2D eigenvalue weighted by atomic mass is 32.1. The van der Waals surface area contributed by atoms with Crippen LogP contribution in [0.3, 0.4) is 0 Å². The second-order valence-corrected chi connectivity index (χ2v) is 22.1. The molecule has 1 nitrogen and oxygen atoms in total. The lowest BCUT2D eigenvalue weighted by atomic mass is 9.67. The maximum Gasteiger partial charge on any atom is 0.135 e. The summed E-state index contributed by atoms with van der Waals surface area (Å²) >= 11 is 1.88. The van der Waals surface area contributed by atoms with Crippen molar-refractivity contribution in [3.05, 3.63) is 324 Å². The Labute approximate surface area is 459 Å². The maximum absolute atomic E-state index is 6.21. The van der Waals surface area contributed by atoms with Gasteiger partial charge in [-0.25, -0.2) is 0 Å². The number of hydrogen-bond donors (Lipinski definition) is 0. The topological polar surface area (TPSA) is 13.1 Å². The minimum absolute atomic E-state index is 0.134. The second-order valence-electron chi connectivity index (χ2n) is 21.0. The molecule has 14 aromatic rings. The molecule has 2 heteroatoms. The van der Waals surface area contributed by atoms with Crippen LogP contribution in [-0.4, -0.2) is 0 Å². The molecule has 0 saturated heterocycles. The van der Waals surface area contributed by atoms with Crippen LogP contribution in [-0.2, 0) is 11.8 Å². The quantitative estimate of drug-likeness (QED) is 0.126. The van der Waals surface area contributed by atoms with Crippen molar-refractivity contribution in [3.63, 3.8) is 0 Å². The van der Waals surface area contributed by atoms with Crippen LogP contribution in [0, 0.1) is 0 Å². The van der Waals surface area contributed by atoms with Gasteiger partial charge < -0.3 is 4.42 Å². The Morgan fingerprint density at radius 2 is 0.897 bits per heavy atom. The second kappa shape index (κ2) is 19.0. The highest BCUT2D eigenvalue weighted by Crippen LogP contribution is 2.57. The van der Waals surface area contributed by atoms with Gasteiger partial charge in [0.2, 0.25) is 0 Å². The van der Waals surface area contributed by atoms with E-state index < -0.39 is 5.41 Å². The highest BCUT2D eigenvalue weighted by Gasteiger charge is 2.46. The summed E-state index contributed by atoms with van der Waals surface area (Å²) in [6, 6.07) is 106. The number of thiophene rings is 1. The van der Waals surface area contributed by atoms with Crippen molar-refractivity contribution in [2.45, 2.75) is 24.2 Å². The van der Waals surface area contributed by atoms with Crippen LogP contribution in [0.15, 0.2) is 290 Å². The first-order valence-electron chi connectivity index (χ1n) is 27.2. The third-order valence-electron chi connectivity index (χ3n) is 16.7. The normalized spacial score (nSPS) is 13.0. The Hall–Kier alpha value is -9.34. The molecule has 12 aromatic carbocycles. The van der Waals surface area contributed by atoms with Gasteiger partial charge >= 0.3 is 0 Å². The fraction of sp³-hybridized carbons (Fsp3) is 0.0526. The van der Waals surface area contributed by atoms with E-state index in [1.54, 1.807) is 0 Å². The van der Waals surface area contributed by atoms with E-state index in [0.717, 1.165) is 34.8 Å². The predicted octanol–water partition coefficient (Wildman–Crippen LogP) is 20.7. The first kappa shape index (κ1) is 46.0. The van der Waals surface area contributed by atoms with Gasteiger partial charge in [0.25, 0.3) is 0 Å². The Morgan fingerprint density at radius 3 is 1.71 bits per heavy atom. The van der Waals surface area contributed by atoms with Crippen LogP contribution >= 0.6 is 11.3 Å². The molecular formula is C76H52OS. The number of para-hydroxylation sites is 1. The third-order valence-corrected chi connectivity index (χ3v) is 17.8. The molecule has 15 rings (SSSR count). The van der Waals surface area contributed by atoms with E-state index in [1.807, 2.05) is 23.5 Å². The van der Waals surface area contributed by atoms with Crippen LogP contribution in [0.25, 0.3) is 97.7 Å². The zero-order chi connectivity index (χ0) is 51.6. The molecule has 0 saturated carbocycles. The van der Waals surface area contributed by atoms with Crippen LogP contribution in [0.2, 0.25) is 0 Å². The molecule has 0 aliphatic heterocycles. The number of aryl methyl sites for hydroxylation is 1. The van der Waals surface area contributed by atoms with E-state index in [1.165, 1.54) is 115 Å². The zero-order valence-electron chi connectivity index (χ0n) is 42.9. The number of rotatable bonds is 11. The Balaban J connectivity index is 0.789. The minimum Gasteiger partial charge on any atom is -0.456 e. The van der Waals surface area contributed by atoms with Crippen LogP contribution < -0.4 is 0 Å². The standard InChI is InChI=1S/C76H52OS/c1-3-18-59(19-4-1)76(60-20-5-2-6-21-60)70-27-12-9-24-64(70)68-47-56(40-44-71(68)76)54-16-15-17-58(46-54)61-22-7-8-23-63(61)62(53-37-35-52(36-38-53)55-41-45-73-69(48-55)65-25-10-13-28-72(65)77-73)42-32-50-30-33-51(34-31-50)57-39-43-67-66-26-11-14-29-74(66)78-75(67)49-57/h1-31,33-41,43-49,62H,32,42H2. The summed E-state index contributed by atoms with van der Waals surface area (Å²) < 4.78 is 8.88. The molecule has 368 valence electrons. The van der Waals surface area contributed by atoms with E-state index >= 15 is 0 Å². The van der Waals surface area contributed by atoms with E-state index in [2.05, 4.69) is 273 Å². The molecule has 0 bridgehead atoms. The molecular weight excluding hydrogens is 961 g/mol. The monoisotopic (exact) mass is 1010 g/mol. The van der Waals surface area contributed by atoms with Gasteiger partial charge in [0, 0.05) is 36.9 Å². The smallest absolute Gasteiger partial charge is 0.135 e. The molecule has 0 N–H and O–H groups in total. The lowest BCUT2D eigenvalue weighted by molar-refractivity contribution is 0.669. The van der Waals surface area contributed by atoms with Gasteiger partial charge in [-0.3, -0.25) is 0 Å². The molecule has 2 aromatic heterocycles. The summed E-state index contributed by atoms with van der Waals surface area (Å²) in [6.45, 7) is 0. The zero-order valence-corrected chi connectivity index (χ0v) is 43.8. The molecule has 0 fully saturated rings. The molecule has 1 atom stereocenters. The van der Waals surface area contributed by atoms with Gasteiger partial charge in [-0.2, -0.15) is 0 Å². The summed E-state index contributed by atoms with van der Waals surface area (Å²) in [5, 5.41) is 4.96. The van der Waals surface area contributed by atoms with Crippen LogP contribution in [0.5, 0.6) is 0 Å². The van der Waals surface area contributed by atoms with Crippen LogP contribution in [0.4, 0.5) is 0 Å². The summed E-state index contributed by atoms with van der Waals surface area (Å²) in [5.41, 5.74) is 22.9. The summed E-state index contributed by atoms with van der Waals surface area (Å²) in [5.74, 6) is 0.134. The summed E-state index contributed by atoms with van der Waals surface area (Å²) in [7, 11) is 0. The van der Waals surface area contributed by atoms with Crippen molar-refractivity contribution in [1.82, 2.24) is 0 Å². The predicted molar refractivity (Wildman–Crippen MR) is 329 cm³/mol.